The molecule has 1 radical (unpaired) electrons. The number of hydrogen-bond acceptors (Lipinski definition) is 2. The van der Waals surface area contributed by atoms with Crippen LogP contribution in [-0.2, 0) is 6.42 Å². The van der Waals surface area contributed by atoms with E-state index in [0.717, 1.165) is 0 Å². The lowest BCUT2D eigenvalue weighted by atomic mass is 10.0. The van der Waals surface area contributed by atoms with Crippen LogP contribution in [0.5, 0.6) is 0 Å². The van der Waals surface area contributed by atoms with Gasteiger partial charge in [0.15, 0.2) is 0 Å². The lowest BCUT2D eigenvalue weighted by Crippen LogP contribution is -2.02. The smallest absolute Gasteiger partial charge is 0.335 e. The van der Waals surface area contributed by atoms with Crippen molar-refractivity contribution < 1.29 is 9.90 Å². The van der Waals surface area contributed by atoms with E-state index < -0.39 is 5.97 Å². The first-order chi connectivity index (χ1) is 5.65. The Labute approximate surface area is 70.8 Å². The molecule has 3 nitrogen and oxygen atoms in total. The first kappa shape index (κ1) is 8.59. The Morgan fingerprint density at radius 3 is 2.75 bits per heavy atom. The minimum absolute atomic E-state index is 0.277. The van der Waals surface area contributed by atoms with E-state index in [0.29, 0.717) is 17.7 Å². The van der Waals surface area contributed by atoms with Gasteiger partial charge in [-0.1, -0.05) is 0 Å². The largest absolute Gasteiger partial charge is 0.478 e. The van der Waals surface area contributed by atoms with E-state index in [2.05, 4.69) is 6.92 Å². The van der Waals surface area contributed by atoms with Crippen molar-refractivity contribution >= 4 is 11.7 Å². The van der Waals surface area contributed by atoms with Crippen LogP contribution < -0.4 is 5.73 Å². The molecule has 0 heterocycles. The summed E-state index contributed by atoms with van der Waals surface area (Å²) in [7, 11) is 0. The van der Waals surface area contributed by atoms with Crippen LogP contribution in [-0.4, -0.2) is 11.1 Å². The van der Waals surface area contributed by atoms with Gasteiger partial charge in [-0.25, -0.2) is 4.79 Å². The molecule has 1 aromatic carbocycles. The number of anilines is 1. The van der Waals surface area contributed by atoms with E-state index in [1.54, 1.807) is 12.1 Å². The second kappa shape index (κ2) is 3.26. The highest BCUT2D eigenvalue weighted by atomic mass is 16.4. The van der Waals surface area contributed by atoms with Gasteiger partial charge in [-0.3, -0.25) is 0 Å². The van der Waals surface area contributed by atoms with Crippen LogP contribution in [0.3, 0.4) is 0 Å². The maximum atomic E-state index is 10.6. The van der Waals surface area contributed by atoms with Gasteiger partial charge >= 0.3 is 5.97 Å². The summed E-state index contributed by atoms with van der Waals surface area (Å²) in [5.74, 6) is -0.936. The molecule has 1 rings (SSSR count). The number of nitrogens with two attached hydrogens (primary N) is 1. The fourth-order valence-electron chi connectivity index (χ4n) is 1.03. The van der Waals surface area contributed by atoms with Gasteiger partial charge < -0.3 is 10.8 Å². The second-order valence-electron chi connectivity index (χ2n) is 2.47. The summed E-state index contributed by atoms with van der Waals surface area (Å²) in [4.78, 5) is 10.6. The number of rotatable bonds is 2. The van der Waals surface area contributed by atoms with Crippen molar-refractivity contribution in [2.75, 3.05) is 5.73 Å². The molecule has 0 amide bonds. The molecule has 3 N–H and O–H groups in total. The highest BCUT2D eigenvalue weighted by Gasteiger charge is 2.07. The van der Waals surface area contributed by atoms with Gasteiger partial charge in [-0.2, -0.15) is 0 Å². The molecule has 0 aliphatic heterocycles. The Bertz CT molecular complexity index is 307. The van der Waals surface area contributed by atoms with E-state index in [9.17, 15) is 4.79 Å². The minimum atomic E-state index is -0.936. The van der Waals surface area contributed by atoms with Crippen LogP contribution in [0.15, 0.2) is 18.2 Å². The van der Waals surface area contributed by atoms with Crippen molar-refractivity contribution in [3.8, 4) is 0 Å². The summed E-state index contributed by atoms with van der Waals surface area (Å²) in [5.41, 5.74) is 7.00. The molecule has 0 unspecified atom stereocenters. The maximum absolute atomic E-state index is 10.6. The summed E-state index contributed by atoms with van der Waals surface area (Å²) in [6.45, 7) is 3.62. The van der Waals surface area contributed by atoms with Gasteiger partial charge in [0.05, 0.1) is 5.56 Å². The molecule has 12 heavy (non-hydrogen) atoms. The average molecular weight is 164 g/mol. The summed E-state index contributed by atoms with van der Waals surface area (Å²) in [6, 6.07) is 4.71. The van der Waals surface area contributed by atoms with Gasteiger partial charge in [0, 0.05) is 5.69 Å². The number of aromatic carboxylic acids is 1. The summed E-state index contributed by atoms with van der Waals surface area (Å²) in [6.07, 6.45) is 0.437. The van der Waals surface area contributed by atoms with E-state index >= 15 is 0 Å². The summed E-state index contributed by atoms with van der Waals surface area (Å²) < 4.78 is 0. The van der Waals surface area contributed by atoms with Crippen molar-refractivity contribution in [3.63, 3.8) is 0 Å². The standard InChI is InChI=1S/C9H10NO2/c1-2-6-5-7(10)3-4-8(6)9(11)12/h3-5H,1-2,10H2,(H,11,12). The molecule has 0 saturated carbocycles. The first-order valence-corrected chi connectivity index (χ1v) is 3.56. The Kier molecular flexibility index (Phi) is 2.33. The van der Waals surface area contributed by atoms with Gasteiger partial charge in [0.25, 0.3) is 0 Å². The molecule has 0 fully saturated rings. The average Bonchev–Trinajstić information content (AvgIpc) is 2.03. The van der Waals surface area contributed by atoms with Crippen molar-refractivity contribution in [3.05, 3.63) is 36.2 Å². The van der Waals surface area contributed by atoms with Crippen molar-refractivity contribution in [2.45, 2.75) is 6.42 Å². The number of carbonyl (C=O) groups is 1. The highest BCUT2D eigenvalue weighted by Crippen LogP contribution is 2.13. The minimum Gasteiger partial charge on any atom is -0.478 e. The zero-order valence-electron chi connectivity index (χ0n) is 6.58. The summed E-state index contributed by atoms with van der Waals surface area (Å²) >= 11 is 0. The molecule has 0 spiro atoms. The fourth-order valence-corrected chi connectivity index (χ4v) is 1.03. The number of hydrogen-bond donors (Lipinski definition) is 2. The Hall–Kier alpha value is -1.51. The molecule has 0 bridgehead atoms. The third kappa shape index (κ3) is 1.56. The molecule has 3 heteroatoms. The van der Waals surface area contributed by atoms with Crippen LogP contribution in [0, 0.1) is 6.92 Å². The number of benzene rings is 1. The van der Waals surface area contributed by atoms with Gasteiger partial charge in [0.2, 0.25) is 0 Å². The zero-order valence-corrected chi connectivity index (χ0v) is 6.58. The predicted molar refractivity (Wildman–Crippen MR) is 46.9 cm³/mol. The van der Waals surface area contributed by atoms with Crippen LogP contribution in [0.4, 0.5) is 5.69 Å². The highest BCUT2D eigenvalue weighted by molar-refractivity contribution is 5.90. The Morgan fingerprint density at radius 1 is 1.58 bits per heavy atom. The molecule has 63 valence electrons. The number of carboxylic acids is 1. The Morgan fingerprint density at radius 2 is 2.25 bits per heavy atom. The molecule has 0 saturated heterocycles. The molecule has 1 aromatic rings. The monoisotopic (exact) mass is 164 g/mol. The number of carboxylic acid groups (broad SMARTS) is 1. The van der Waals surface area contributed by atoms with E-state index in [-0.39, 0.29) is 5.56 Å². The maximum Gasteiger partial charge on any atom is 0.335 e. The molecular weight excluding hydrogens is 154 g/mol. The molecular formula is C9H10NO2. The zero-order chi connectivity index (χ0) is 9.14. The fraction of sp³-hybridized carbons (Fsp3) is 0.111. The molecule has 0 aliphatic rings. The lowest BCUT2D eigenvalue weighted by molar-refractivity contribution is 0.0696. The normalized spacial score (nSPS) is 9.75. The van der Waals surface area contributed by atoms with Crippen molar-refractivity contribution in [1.82, 2.24) is 0 Å². The molecule has 0 atom stereocenters. The second-order valence-corrected chi connectivity index (χ2v) is 2.47. The van der Waals surface area contributed by atoms with Gasteiger partial charge in [-0.05, 0) is 37.1 Å². The van der Waals surface area contributed by atoms with Crippen LogP contribution in [0.2, 0.25) is 0 Å². The molecule has 0 aliphatic carbocycles. The summed E-state index contributed by atoms with van der Waals surface area (Å²) in [5, 5.41) is 8.72. The van der Waals surface area contributed by atoms with Crippen molar-refractivity contribution in [2.24, 2.45) is 0 Å². The number of nitrogen functional groups attached to an aromatic ring is 1. The molecule has 0 aromatic heterocycles. The predicted octanol–water partition coefficient (Wildman–Crippen LogP) is 1.34. The van der Waals surface area contributed by atoms with Gasteiger partial charge in [0.1, 0.15) is 0 Å². The van der Waals surface area contributed by atoms with Crippen LogP contribution >= 0.6 is 0 Å². The topological polar surface area (TPSA) is 63.3 Å². The lowest BCUT2D eigenvalue weighted by Gasteiger charge is -2.03. The quantitative estimate of drug-likeness (QED) is 0.648. The SMILES string of the molecule is [CH2]Cc1cc(N)ccc1C(=O)O. The van der Waals surface area contributed by atoms with Crippen LogP contribution in [0.25, 0.3) is 0 Å². The van der Waals surface area contributed by atoms with Crippen molar-refractivity contribution in [1.29, 1.82) is 0 Å². The third-order valence-corrected chi connectivity index (χ3v) is 1.63. The first-order valence-electron chi connectivity index (χ1n) is 3.56. The van der Waals surface area contributed by atoms with E-state index in [4.69, 9.17) is 10.8 Å². The van der Waals surface area contributed by atoms with E-state index in [1.807, 2.05) is 0 Å². The Balaban J connectivity index is 3.20. The van der Waals surface area contributed by atoms with Gasteiger partial charge in [-0.15, -0.1) is 0 Å². The van der Waals surface area contributed by atoms with E-state index in [1.165, 1.54) is 6.07 Å². The van der Waals surface area contributed by atoms with Crippen LogP contribution in [0.1, 0.15) is 15.9 Å². The third-order valence-electron chi connectivity index (χ3n) is 1.63.